The number of pyridine rings is 1. The molecule has 2 aromatic heterocycles. The maximum atomic E-state index is 14.9. The van der Waals surface area contributed by atoms with Crippen molar-refractivity contribution in [1.82, 2.24) is 25.2 Å². The van der Waals surface area contributed by atoms with E-state index in [9.17, 15) is 13.6 Å². The summed E-state index contributed by atoms with van der Waals surface area (Å²) >= 11 is 5.75. The molecule has 4 N–H and O–H groups in total. The molecule has 0 bridgehead atoms. The first-order valence-corrected chi connectivity index (χ1v) is 11.6. The van der Waals surface area contributed by atoms with Gasteiger partial charge in [-0.25, -0.2) is 18.7 Å². The number of nitrogens with one attached hydrogen (secondary N) is 2. The van der Waals surface area contributed by atoms with Crippen LogP contribution in [0, 0.1) is 11.6 Å². The number of H-pyrrole nitrogens is 1. The number of benzene rings is 1. The minimum Gasteiger partial charge on any atom is -0.398 e. The predicted octanol–water partition coefficient (Wildman–Crippen LogP) is 3.96. The minimum absolute atomic E-state index is 0.0832. The second kappa shape index (κ2) is 8.87. The van der Waals surface area contributed by atoms with Crippen LogP contribution in [-0.2, 0) is 0 Å². The lowest BCUT2D eigenvalue weighted by atomic mass is 9.88. The van der Waals surface area contributed by atoms with Gasteiger partial charge in [-0.2, -0.15) is 0 Å². The van der Waals surface area contributed by atoms with Crippen molar-refractivity contribution in [1.29, 1.82) is 0 Å². The summed E-state index contributed by atoms with van der Waals surface area (Å²) in [7, 11) is 0. The summed E-state index contributed by atoms with van der Waals surface area (Å²) in [4.78, 5) is 26.8. The molecule has 2 fully saturated rings. The molecule has 0 unspecified atom stereocenters. The lowest BCUT2D eigenvalue weighted by Crippen LogP contribution is -2.38. The number of imidazole rings is 1. The molecule has 33 heavy (non-hydrogen) atoms. The highest BCUT2D eigenvalue weighted by atomic mass is 35.5. The fraction of sp³-hybridized carbons (Fsp3) is 0.435. The van der Waals surface area contributed by atoms with Crippen LogP contribution in [0.3, 0.4) is 0 Å². The third-order valence-electron chi connectivity index (χ3n) is 6.77. The standard InChI is InChI=1S/C23H25ClF2N6O/c24-15-10-18(27)14(9-16(15)25)23(33)32-7-3-12(4-8-32)19-17(26)11-29-22-20(19)30-21(31-22)13-1-5-28-6-2-13/h9-13,28H,1-8,27H2,(H,29,30,31). The zero-order valence-electron chi connectivity index (χ0n) is 18.0. The van der Waals surface area contributed by atoms with E-state index in [2.05, 4.69) is 20.3 Å². The maximum absolute atomic E-state index is 14.9. The van der Waals surface area contributed by atoms with Crippen LogP contribution >= 0.6 is 11.6 Å². The fourth-order valence-corrected chi connectivity index (χ4v) is 5.12. The third-order valence-corrected chi connectivity index (χ3v) is 7.06. The highest BCUT2D eigenvalue weighted by molar-refractivity contribution is 6.31. The Morgan fingerprint density at radius 1 is 1.09 bits per heavy atom. The van der Waals surface area contributed by atoms with Crippen molar-refractivity contribution < 1.29 is 13.6 Å². The summed E-state index contributed by atoms with van der Waals surface area (Å²) in [6.07, 6.45) is 4.33. The number of nitrogens with zero attached hydrogens (tertiary/aromatic N) is 3. The van der Waals surface area contributed by atoms with Gasteiger partial charge in [-0.15, -0.1) is 0 Å². The number of fused-ring (bicyclic) bond motifs is 1. The number of hydrogen-bond donors (Lipinski definition) is 3. The number of aromatic nitrogens is 3. The Bertz CT molecular complexity index is 1200. The molecular formula is C23H25ClF2N6O. The van der Waals surface area contributed by atoms with Crippen molar-refractivity contribution in [3.05, 3.63) is 51.9 Å². The van der Waals surface area contributed by atoms with Crippen molar-refractivity contribution in [2.75, 3.05) is 31.9 Å². The molecule has 0 spiro atoms. The minimum atomic E-state index is -0.686. The summed E-state index contributed by atoms with van der Waals surface area (Å²) in [6.45, 7) is 2.69. The van der Waals surface area contributed by atoms with Crippen molar-refractivity contribution in [2.24, 2.45) is 0 Å². The summed E-state index contributed by atoms with van der Waals surface area (Å²) in [6, 6.07) is 2.32. The van der Waals surface area contributed by atoms with E-state index in [0.29, 0.717) is 48.6 Å². The van der Waals surface area contributed by atoms with Gasteiger partial charge in [0.15, 0.2) is 5.65 Å². The van der Waals surface area contributed by atoms with E-state index >= 15 is 0 Å². The quantitative estimate of drug-likeness (QED) is 0.499. The van der Waals surface area contributed by atoms with Gasteiger partial charge in [0.2, 0.25) is 0 Å². The normalized spacial score (nSPS) is 18.2. The number of aromatic amines is 1. The molecule has 1 aromatic carbocycles. The number of nitrogens with two attached hydrogens (primary N) is 1. The summed E-state index contributed by atoms with van der Waals surface area (Å²) < 4.78 is 28.8. The van der Waals surface area contributed by atoms with E-state index in [4.69, 9.17) is 17.3 Å². The summed E-state index contributed by atoms with van der Waals surface area (Å²) in [5, 5.41) is 3.22. The lowest BCUT2D eigenvalue weighted by molar-refractivity contribution is 0.0713. The number of amides is 1. The number of halogens is 3. The maximum Gasteiger partial charge on any atom is 0.256 e. The summed E-state index contributed by atoms with van der Waals surface area (Å²) in [5.74, 6) is -0.317. The van der Waals surface area contributed by atoms with E-state index in [0.717, 1.165) is 37.8 Å². The van der Waals surface area contributed by atoms with Crippen molar-refractivity contribution >= 4 is 34.4 Å². The second-order valence-corrected chi connectivity index (χ2v) is 9.19. The number of hydrogen-bond acceptors (Lipinski definition) is 5. The molecule has 4 heterocycles. The molecule has 0 aliphatic carbocycles. The molecular weight excluding hydrogens is 450 g/mol. The molecule has 3 aromatic rings. The topological polar surface area (TPSA) is 99.9 Å². The molecule has 2 aliphatic rings. The Kier molecular flexibility index (Phi) is 5.92. The van der Waals surface area contributed by atoms with Crippen LogP contribution in [0.4, 0.5) is 14.5 Å². The van der Waals surface area contributed by atoms with Crippen LogP contribution in [0.25, 0.3) is 11.2 Å². The van der Waals surface area contributed by atoms with Crippen molar-refractivity contribution in [3.63, 3.8) is 0 Å². The fourth-order valence-electron chi connectivity index (χ4n) is 4.95. The van der Waals surface area contributed by atoms with Crippen LogP contribution in [0.15, 0.2) is 18.3 Å². The Hall–Kier alpha value is -2.78. The molecule has 10 heteroatoms. The monoisotopic (exact) mass is 474 g/mol. The first-order valence-electron chi connectivity index (χ1n) is 11.2. The molecule has 2 saturated heterocycles. The van der Waals surface area contributed by atoms with Crippen LogP contribution in [0.1, 0.15) is 59.3 Å². The van der Waals surface area contributed by atoms with Gasteiger partial charge in [-0.3, -0.25) is 4.79 Å². The molecule has 0 atom stereocenters. The van der Waals surface area contributed by atoms with Gasteiger partial charge >= 0.3 is 0 Å². The number of carbonyl (C=O) groups excluding carboxylic acids is 1. The molecule has 2 aliphatic heterocycles. The van der Waals surface area contributed by atoms with Crippen LogP contribution in [0.5, 0.6) is 0 Å². The largest absolute Gasteiger partial charge is 0.398 e. The second-order valence-electron chi connectivity index (χ2n) is 8.78. The van der Waals surface area contributed by atoms with Gasteiger partial charge in [0.25, 0.3) is 5.91 Å². The zero-order chi connectivity index (χ0) is 23.1. The summed E-state index contributed by atoms with van der Waals surface area (Å²) in [5.41, 5.74) is 7.88. The number of piperidine rings is 2. The number of anilines is 1. The highest BCUT2D eigenvalue weighted by Crippen LogP contribution is 2.36. The van der Waals surface area contributed by atoms with E-state index < -0.39 is 5.82 Å². The SMILES string of the molecule is Nc1cc(Cl)c(F)cc1C(=O)N1CCC(c2c(F)cnc3nc(C4CCNCC4)[nH]c23)CC1. The van der Waals surface area contributed by atoms with E-state index in [1.165, 1.54) is 12.3 Å². The molecule has 7 nitrogen and oxygen atoms in total. The third kappa shape index (κ3) is 4.15. The Labute approximate surface area is 194 Å². The molecule has 174 valence electrons. The van der Waals surface area contributed by atoms with Crippen LogP contribution in [-0.4, -0.2) is 51.9 Å². The van der Waals surface area contributed by atoms with E-state index in [1.54, 1.807) is 4.90 Å². The van der Waals surface area contributed by atoms with Crippen LogP contribution < -0.4 is 11.1 Å². The smallest absolute Gasteiger partial charge is 0.256 e. The predicted molar refractivity (Wildman–Crippen MR) is 122 cm³/mol. The van der Waals surface area contributed by atoms with Gasteiger partial charge in [-0.1, -0.05) is 11.6 Å². The average Bonchev–Trinajstić information content (AvgIpc) is 3.26. The van der Waals surface area contributed by atoms with Gasteiger partial charge in [0, 0.05) is 30.3 Å². The average molecular weight is 475 g/mol. The number of nitrogen functional groups attached to an aromatic ring is 1. The first-order chi connectivity index (χ1) is 15.9. The zero-order valence-corrected chi connectivity index (χ0v) is 18.8. The molecule has 1 amide bonds. The van der Waals surface area contributed by atoms with E-state index in [1.807, 2.05) is 0 Å². The van der Waals surface area contributed by atoms with Gasteiger partial charge < -0.3 is 20.9 Å². The van der Waals surface area contributed by atoms with Crippen molar-refractivity contribution in [2.45, 2.75) is 37.5 Å². The Morgan fingerprint density at radius 3 is 2.55 bits per heavy atom. The van der Waals surface area contributed by atoms with Gasteiger partial charge in [0.05, 0.1) is 22.3 Å². The Balaban J connectivity index is 1.36. The number of likely N-dealkylation sites (tertiary alicyclic amines) is 1. The van der Waals surface area contributed by atoms with Gasteiger partial charge in [0.1, 0.15) is 17.5 Å². The Morgan fingerprint density at radius 2 is 1.82 bits per heavy atom. The number of rotatable bonds is 3. The molecule has 5 rings (SSSR count). The molecule has 0 saturated carbocycles. The lowest BCUT2D eigenvalue weighted by Gasteiger charge is -2.32. The van der Waals surface area contributed by atoms with E-state index in [-0.39, 0.29) is 33.9 Å². The van der Waals surface area contributed by atoms with Crippen LogP contribution in [0.2, 0.25) is 5.02 Å². The van der Waals surface area contributed by atoms with Gasteiger partial charge in [-0.05, 0) is 56.8 Å². The van der Waals surface area contributed by atoms with Crippen molar-refractivity contribution in [3.8, 4) is 0 Å². The number of carbonyl (C=O) groups is 1. The molecule has 0 radical (unpaired) electrons. The first kappa shape index (κ1) is 22.0. The highest BCUT2D eigenvalue weighted by Gasteiger charge is 2.30.